The van der Waals surface area contributed by atoms with Gasteiger partial charge in [0.25, 0.3) is 0 Å². The lowest BCUT2D eigenvalue weighted by atomic mass is 9.95. The number of ether oxygens (including phenoxy) is 5. The maximum atomic E-state index is 12.1. The highest BCUT2D eigenvalue weighted by atomic mass is 16.7. The molecule has 0 amide bonds. The predicted octanol–water partition coefficient (Wildman–Crippen LogP) is 5.44. The third-order valence-corrected chi connectivity index (χ3v) is 5.58. The van der Waals surface area contributed by atoms with Gasteiger partial charge in [-0.2, -0.15) is 0 Å². The first-order valence-corrected chi connectivity index (χ1v) is 11.8. The van der Waals surface area contributed by atoms with Crippen LogP contribution in [0.2, 0.25) is 0 Å². The van der Waals surface area contributed by atoms with E-state index >= 15 is 0 Å². The highest BCUT2D eigenvalue weighted by Gasteiger charge is 2.21. The largest absolute Gasteiger partial charge is 0.490 e. The normalized spacial score (nSPS) is 13.1. The molecule has 0 radical (unpaired) electrons. The van der Waals surface area contributed by atoms with Gasteiger partial charge in [0, 0.05) is 24.2 Å². The van der Waals surface area contributed by atoms with E-state index < -0.39 is 6.10 Å². The quantitative estimate of drug-likeness (QED) is 0.385. The van der Waals surface area contributed by atoms with Crippen molar-refractivity contribution in [2.24, 2.45) is 0 Å². The lowest BCUT2D eigenvalue weighted by Crippen LogP contribution is -2.28. The Morgan fingerprint density at radius 2 is 1.51 bits per heavy atom. The second-order valence-electron chi connectivity index (χ2n) is 7.87. The molecule has 1 aliphatic heterocycles. The highest BCUT2D eigenvalue weighted by molar-refractivity contribution is 5.85. The molecule has 0 bridgehead atoms. The number of hydrogen-bond acceptors (Lipinski definition) is 6. The second kappa shape index (κ2) is 12.1. The van der Waals surface area contributed by atoms with Gasteiger partial charge in [-0.15, -0.1) is 0 Å². The molecule has 6 nitrogen and oxygen atoms in total. The molecule has 3 aromatic rings. The minimum atomic E-state index is -0.611. The third kappa shape index (κ3) is 6.22. The summed E-state index contributed by atoms with van der Waals surface area (Å²) in [7, 11) is 0. The van der Waals surface area contributed by atoms with Crippen LogP contribution in [0.1, 0.15) is 30.5 Å². The summed E-state index contributed by atoms with van der Waals surface area (Å²) < 4.78 is 28.4. The van der Waals surface area contributed by atoms with E-state index in [1.807, 2.05) is 85.8 Å². The number of benzene rings is 3. The molecule has 1 aliphatic rings. The minimum Gasteiger partial charge on any atom is -0.490 e. The smallest absolute Gasteiger partial charge is 0.335 e. The number of hydrogen-bond donors (Lipinski definition) is 0. The molecule has 0 N–H and O–H groups in total. The molecule has 1 unspecified atom stereocenters. The van der Waals surface area contributed by atoms with Gasteiger partial charge >= 0.3 is 5.97 Å². The van der Waals surface area contributed by atoms with Crippen molar-refractivity contribution in [3.8, 4) is 17.2 Å². The molecule has 1 heterocycles. The summed E-state index contributed by atoms with van der Waals surface area (Å²) in [6.07, 6.45) is 1.88. The Morgan fingerprint density at radius 1 is 0.886 bits per heavy atom. The van der Waals surface area contributed by atoms with Crippen molar-refractivity contribution in [2.45, 2.75) is 26.4 Å². The summed E-state index contributed by atoms with van der Waals surface area (Å²) in [5.41, 5.74) is 3.94. The fraction of sp³-hybridized carbons (Fsp3) is 0.276. The van der Waals surface area contributed by atoms with Crippen LogP contribution in [0.3, 0.4) is 0 Å². The molecule has 4 rings (SSSR count). The van der Waals surface area contributed by atoms with Crippen molar-refractivity contribution < 1.29 is 28.5 Å². The molecule has 0 saturated heterocycles. The van der Waals surface area contributed by atoms with Gasteiger partial charge in [-0.1, -0.05) is 48.5 Å². The van der Waals surface area contributed by atoms with E-state index in [-0.39, 0.29) is 12.8 Å². The maximum absolute atomic E-state index is 12.1. The Hall–Kier alpha value is -3.77. The van der Waals surface area contributed by atoms with E-state index in [9.17, 15) is 4.79 Å². The van der Waals surface area contributed by atoms with Gasteiger partial charge < -0.3 is 23.7 Å². The molecule has 0 spiro atoms. The second-order valence-corrected chi connectivity index (χ2v) is 7.87. The molecule has 182 valence electrons. The summed E-state index contributed by atoms with van der Waals surface area (Å²) in [6.45, 7) is 4.95. The fourth-order valence-corrected chi connectivity index (χ4v) is 3.96. The van der Waals surface area contributed by atoms with Crippen LogP contribution in [-0.4, -0.2) is 38.7 Å². The fourth-order valence-electron chi connectivity index (χ4n) is 3.96. The summed E-state index contributed by atoms with van der Waals surface area (Å²) in [6, 6.07) is 23.5. The molecule has 3 aromatic carbocycles. The van der Waals surface area contributed by atoms with Gasteiger partial charge in [-0.3, -0.25) is 0 Å². The zero-order valence-electron chi connectivity index (χ0n) is 20.1. The average molecular weight is 475 g/mol. The van der Waals surface area contributed by atoms with E-state index in [1.54, 1.807) is 6.92 Å². The Kier molecular flexibility index (Phi) is 8.41. The van der Waals surface area contributed by atoms with Gasteiger partial charge in [-0.05, 0) is 55.3 Å². The van der Waals surface area contributed by atoms with Crippen LogP contribution in [0.5, 0.6) is 17.2 Å². The highest BCUT2D eigenvalue weighted by Crippen LogP contribution is 2.37. The van der Waals surface area contributed by atoms with E-state index in [0.717, 1.165) is 39.5 Å². The molecule has 0 fully saturated rings. The predicted molar refractivity (Wildman–Crippen MR) is 134 cm³/mol. The van der Waals surface area contributed by atoms with Crippen LogP contribution in [0.15, 0.2) is 78.9 Å². The first-order valence-electron chi connectivity index (χ1n) is 11.8. The number of rotatable bonds is 9. The summed E-state index contributed by atoms with van der Waals surface area (Å²) in [4.78, 5) is 12.1. The molecule has 0 saturated carbocycles. The summed E-state index contributed by atoms with van der Waals surface area (Å²) in [5.74, 6) is 1.93. The number of carbonyl (C=O) groups is 1. The Bertz CT molecular complexity index is 1100. The monoisotopic (exact) mass is 474 g/mol. The molecule has 0 aliphatic carbocycles. The van der Waals surface area contributed by atoms with Crippen molar-refractivity contribution in [3.05, 3.63) is 95.6 Å². The van der Waals surface area contributed by atoms with Gasteiger partial charge in [0.05, 0.1) is 6.61 Å². The lowest BCUT2D eigenvalue weighted by Gasteiger charge is -2.21. The maximum Gasteiger partial charge on any atom is 0.335 e. The van der Waals surface area contributed by atoms with Crippen molar-refractivity contribution in [1.29, 1.82) is 0 Å². The van der Waals surface area contributed by atoms with Crippen LogP contribution in [-0.2, 0) is 20.7 Å². The number of esters is 1. The minimum absolute atomic E-state index is 0.157. The molecular weight excluding hydrogens is 444 g/mol. The Balaban J connectivity index is 1.48. The zero-order valence-corrected chi connectivity index (χ0v) is 20.1. The molecule has 6 heteroatoms. The van der Waals surface area contributed by atoms with Crippen molar-refractivity contribution in [1.82, 2.24) is 0 Å². The molecule has 0 aromatic heterocycles. The van der Waals surface area contributed by atoms with Crippen LogP contribution in [0.4, 0.5) is 0 Å². The number of para-hydroxylation sites is 2. The summed E-state index contributed by atoms with van der Waals surface area (Å²) >= 11 is 0. The zero-order chi connectivity index (χ0) is 24.5. The molecule has 35 heavy (non-hydrogen) atoms. The SMILES string of the molecule is CCOC(=O)C(Cc1ccc(OCC=C2c3ccccc3OCOc3ccccc32)cc1)OCC. The van der Waals surface area contributed by atoms with Gasteiger partial charge in [0.2, 0.25) is 6.79 Å². The van der Waals surface area contributed by atoms with Crippen molar-refractivity contribution in [3.63, 3.8) is 0 Å². The van der Waals surface area contributed by atoms with E-state index in [4.69, 9.17) is 23.7 Å². The van der Waals surface area contributed by atoms with Gasteiger partial charge in [0.15, 0.2) is 6.10 Å². The van der Waals surface area contributed by atoms with Gasteiger partial charge in [-0.25, -0.2) is 4.79 Å². The van der Waals surface area contributed by atoms with Crippen LogP contribution in [0.25, 0.3) is 5.57 Å². The first kappa shape index (κ1) is 24.4. The van der Waals surface area contributed by atoms with Crippen molar-refractivity contribution >= 4 is 11.5 Å². The standard InChI is InChI=1S/C29H30O6/c1-3-31-28(29(30)32-4-2)19-21-13-15-22(16-14-21)33-18-17-23-24-9-5-7-11-26(24)34-20-35-27-12-8-6-10-25(23)27/h5-17,28H,3-4,18-20H2,1-2H3. The van der Waals surface area contributed by atoms with Crippen LogP contribution < -0.4 is 14.2 Å². The van der Waals surface area contributed by atoms with E-state index in [0.29, 0.717) is 26.2 Å². The number of carbonyl (C=O) groups excluding carboxylic acids is 1. The third-order valence-electron chi connectivity index (χ3n) is 5.58. The van der Waals surface area contributed by atoms with E-state index in [2.05, 4.69) is 0 Å². The van der Waals surface area contributed by atoms with Gasteiger partial charge in [0.1, 0.15) is 23.9 Å². The van der Waals surface area contributed by atoms with Crippen LogP contribution in [0, 0.1) is 0 Å². The lowest BCUT2D eigenvalue weighted by molar-refractivity contribution is -0.156. The van der Waals surface area contributed by atoms with Crippen LogP contribution >= 0.6 is 0 Å². The Labute approximate surface area is 206 Å². The van der Waals surface area contributed by atoms with E-state index in [1.165, 1.54) is 0 Å². The topological polar surface area (TPSA) is 63.2 Å². The van der Waals surface area contributed by atoms with Crippen molar-refractivity contribution in [2.75, 3.05) is 26.6 Å². The average Bonchev–Trinajstić information content (AvgIpc) is 2.87. The number of fused-ring (bicyclic) bond motifs is 2. The first-order chi connectivity index (χ1) is 17.2. The Morgan fingerprint density at radius 3 is 2.11 bits per heavy atom. The summed E-state index contributed by atoms with van der Waals surface area (Å²) in [5, 5.41) is 0. The molecule has 1 atom stereocenters. The molecular formula is C29H30O6.